The molecule has 1 fully saturated rings. The van der Waals surface area contributed by atoms with E-state index in [0.29, 0.717) is 10.7 Å². The first kappa shape index (κ1) is 32.3. The number of nitrogens with zero attached hydrogens (tertiary/aromatic N) is 2. The first-order chi connectivity index (χ1) is 21.7. The Morgan fingerprint density at radius 3 is 2.16 bits per heavy atom. The van der Waals surface area contributed by atoms with Crippen molar-refractivity contribution in [3.05, 3.63) is 131 Å². The van der Waals surface area contributed by atoms with Gasteiger partial charge < -0.3 is 10.2 Å². The van der Waals surface area contributed by atoms with Crippen molar-refractivity contribution in [3.63, 3.8) is 0 Å². The summed E-state index contributed by atoms with van der Waals surface area (Å²) in [7, 11) is -4.14. The summed E-state index contributed by atoms with van der Waals surface area (Å²) >= 11 is 6.33. The van der Waals surface area contributed by atoms with Crippen LogP contribution in [0.4, 0.5) is 5.69 Å². The summed E-state index contributed by atoms with van der Waals surface area (Å²) < 4.78 is 29.3. The summed E-state index contributed by atoms with van der Waals surface area (Å²) in [6.07, 6.45) is 4.14. The maximum absolute atomic E-state index is 14.6. The normalized spacial score (nSPS) is 14.1. The van der Waals surface area contributed by atoms with Gasteiger partial charge in [-0.15, -0.1) is 0 Å². The fraction of sp³-hybridized carbons (Fsp3) is 0.278. The van der Waals surface area contributed by atoms with Gasteiger partial charge in [0.1, 0.15) is 12.6 Å². The van der Waals surface area contributed by atoms with Crippen LogP contribution in [0.25, 0.3) is 0 Å². The molecule has 0 bridgehead atoms. The summed E-state index contributed by atoms with van der Waals surface area (Å²) in [5, 5.41) is 3.69. The van der Waals surface area contributed by atoms with Gasteiger partial charge in [0.15, 0.2) is 0 Å². The summed E-state index contributed by atoms with van der Waals surface area (Å²) in [6.45, 7) is 1.44. The van der Waals surface area contributed by atoms with E-state index in [4.69, 9.17) is 11.6 Å². The van der Waals surface area contributed by atoms with E-state index in [-0.39, 0.29) is 29.8 Å². The van der Waals surface area contributed by atoms with E-state index in [1.807, 2.05) is 49.4 Å². The number of carbonyl (C=O) groups excluding carboxylic acids is 2. The smallest absolute Gasteiger partial charge is 0.264 e. The predicted octanol–water partition coefficient (Wildman–Crippen LogP) is 6.54. The first-order valence-electron chi connectivity index (χ1n) is 15.2. The Labute approximate surface area is 270 Å². The Morgan fingerprint density at radius 2 is 1.49 bits per heavy atom. The van der Waals surface area contributed by atoms with Crippen molar-refractivity contribution in [2.75, 3.05) is 10.8 Å². The van der Waals surface area contributed by atoms with Gasteiger partial charge in [0.25, 0.3) is 10.0 Å². The maximum Gasteiger partial charge on any atom is 0.264 e. The molecule has 4 aromatic carbocycles. The van der Waals surface area contributed by atoms with E-state index in [1.54, 1.807) is 54.6 Å². The highest BCUT2D eigenvalue weighted by Crippen LogP contribution is 2.26. The zero-order valence-corrected chi connectivity index (χ0v) is 26.9. The number of sulfonamides is 1. The number of carbonyl (C=O) groups is 2. The third kappa shape index (κ3) is 8.32. The molecular formula is C36H38ClN3O4S. The van der Waals surface area contributed by atoms with Gasteiger partial charge in [-0.1, -0.05) is 97.2 Å². The fourth-order valence-corrected chi connectivity index (χ4v) is 7.42. The second-order valence-electron chi connectivity index (χ2n) is 11.5. The van der Waals surface area contributed by atoms with Crippen LogP contribution >= 0.6 is 11.6 Å². The summed E-state index contributed by atoms with van der Waals surface area (Å²) in [6, 6.07) is 31.0. The molecule has 0 heterocycles. The lowest BCUT2D eigenvalue weighted by molar-refractivity contribution is -0.140. The second kappa shape index (κ2) is 14.8. The Morgan fingerprint density at radius 1 is 0.844 bits per heavy atom. The molecule has 7 nitrogen and oxygen atoms in total. The third-order valence-corrected chi connectivity index (χ3v) is 10.1. The van der Waals surface area contributed by atoms with Crippen molar-refractivity contribution in [1.29, 1.82) is 0 Å². The van der Waals surface area contributed by atoms with Crippen molar-refractivity contribution in [3.8, 4) is 0 Å². The highest BCUT2D eigenvalue weighted by Gasteiger charge is 2.35. The molecule has 45 heavy (non-hydrogen) atoms. The van der Waals surface area contributed by atoms with Gasteiger partial charge in [-0.05, 0) is 72.9 Å². The highest BCUT2D eigenvalue weighted by molar-refractivity contribution is 7.92. The zero-order chi connectivity index (χ0) is 31.8. The number of hydrogen-bond donors (Lipinski definition) is 1. The monoisotopic (exact) mass is 643 g/mol. The molecular weight excluding hydrogens is 606 g/mol. The number of halogens is 1. The molecule has 0 aliphatic heterocycles. The second-order valence-corrected chi connectivity index (χ2v) is 13.8. The highest BCUT2D eigenvalue weighted by atomic mass is 35.5. The zero-order valence-electron chi connectivity index (χ0n) is 25.3. The fourth-order valence-electron chi connectivity index (χ4n) is 5.79. The molecule has 1 aliphatic carbocycles. The standard InChI is InChI=1S/C36H38ClN3O4S/c1-27-12-10-19-32(22-27)40(45(43,44)33-20-6-3-7-21-33)26-35(41)39(25-29-15-11-16-30(37)23-29)34(24-28-13-4-2-5-14-28)36(42)38-31-17-8-9-18-31/h2-7,10-16,19-23,31,34H,8-9,17-18,24-26H2,1H3,(H,38,42)/t34-/m1/s1. The SMILES string of the molecule is Cc1cccc(N(CC(=O)N(Cc2cccc(Cl)c2)[C@H](Cc2ccccc2)C(=O)NC2CCCC2)S(=O)(=O)c2ccccc2)c1. The largest absolute Gasteiger partial charge is 0.352 e. The van der Waals surface area contributed by atoms with Crippen LogP contribution in [0, 0.1) is 6.92 Å². The van der Waals surface area contributed by atoms with Crippen LogP contribution in [-0.2, 0) is 32.6 Å². The van der Waals surface area contributed by atoms with Gasteiger partial charge in [-0.3, -0.25) is 13.9 Å². The number of hydrogen-bond acceptors (Lipinski definition) is 4. The molecule has 1 N–H and O–H groups in total. The van der Waals surface area contributed by atoms with Crippen molar-refractivity contribution in [2.24, 2.45) is 0 Å². The number of amides is 2. The molecule has 5 rings (SSSR count). The van der Waals surface area contributed by atoms with Crippen LogP contribution in [0.2, 0.25) is 5.02 Å². The number of rotatable bonds is 12. The van der Waals surface area contributed by atoms with Gasteiger partial charge in [0.05, 0.1) is 10.6 Å². The van der Waals surface area contributed by atoms with Crippen molar-refractivity contribution in [1.82, 2.24) is 10.2 Å². The average Bonchev–Trinajstić information content (AvgIpc) is 3.55. The maximum atomic E-state index is 14.6. The Kier molecular flexibility index (Phi) is 10.6. The molecule has 0 spiro atoms. The molecule has 1 aliphatic rings. The van der Waals surface area contributed by atoms with Crippen LogP contribution < -0.4 is 9.62 Å². The number of anilines is 1. The molecule has 1 atom stereocenters. The molecule has 0 aromatic heterocycles. The van der Waals surface area contributed by atoms with Gasteiger partial charge in [0, 0.05) is 24.0 Å². The molecule has 0 unspecified atom stereocenters. The van der Waals surface area contributed by atoms with Gasteiger partial charge in [-0.25, -0.2) is 8.42 Å². The predicted molar refractivity (Wildman–Crippen MR) is 178 cm³/mol. The molecule has 234 valence electrons. The molecule has 0 radical (unpaired) electrons. The van der Waals surface area contributed by atoms with Gasteiger partial charge >= 0.3 is 0 Å². The lowest BCUT2D eigenvalue weighted by Gasteiger charge is -2.34. The minimum atomic E-state index is -4.14. The summed E-state index contributed by atoms with van der Waals surface area (Å²) in [5.41, 5.74) is 2.84. The van der Waals surface area contributed by atoms with Crippen molar-refractivity contribution >= 4 is 39.1 Å². The van der Waals surface area contributed by atoms with Gasteiger partial charge in [0.2, 0.25) is 11.8 Å². The quantitative estimate of drug-likeness (QED) is 0.190. The van der Waals surface area contributed by atoms with Crippen molar-refractivity contribution < 1.29 is 18.0 Å². The number of benzene rings is 4. The van der Waals surface area contributed by atoms with Crippen LogP contribution in [0.3, 0.4) is 0 Å². The summed E-state index contributed by atoms with van der Waals surface area (Å²) in [5.74, 6) is -0.757. The topological polar surface area (TPSA) is 86.8 Å². The van der Waals surface area contributed by atoms with Crippen LogP contribution in [0.15, 0.2) is 114 Å². The minimum Gasteiger partial charge on any atom is -0.352 e. The van der Waals surface area contributed by atoms with Crippen LogP contribution in [0.5, 0.6) is 0 Å². The number of aryl methyl sites for hydroxylation is 1. The van der Waals surface area contributed by atoms with E-state index >= 15 is 0 Å². The number of nitrogens with one attached hydrogen (secondary N) is 1. The first-order valence-corrected chi connectivity index (χ1v) is 17.1. The van der Waals surface area contributed by atoms with Crippen molar-refractivity contribution in [2.45, 2.75) is 62.6 Å². The summed E-state index contributed by atoms with van der Waals surface area (Å²) in [4.78, 5) is 30.2. The van der Waals surface area contributed by atoms with E-state index in [0.717, 1.165) is 46.7 Å². The van der Waals surface area contributed by atoms with E-state index in [9.17, 15) is 18.0 Å². The lowest BCUT2D eigenvalue weighted by atomic mass is 10.0. The average molecular weight is 644 g/mol. The molecule has 4 aromatic rings. The van der Waals surface area contributed by atoms with E-state index in [1.165, 1.54) is 17.0 Å². The lowest BCUT2D eigenvalue weighted by Crippen LogP contribution is -2.54. The van der Waals surface area contributed by atoms with E-state index < -0.39 is 28.5 Å². The Bertz CT molecular complexity index is 1710. The van der Waals surface area contributed by atoms with Crippen LogP contribution in [-0.4, -0.2) is 43.8 Å². The minimum absolute atomic E-state index is 0.0427. The third-order valence-electron chi connectivity index (χ3n) is 8.11. The molecule has 0 saturated heterocycles. The van der Waals surface area contributed by atoms with E-state index in [2.05, 4.69) is 5.32 Å². The Hall–Kier alpha value is -4.14. The Balaban J connectivity index is 1.56. The van der Waals surface area contributed by atoms with Gasteiger partial charge in [-0.2, -0.15) is 0 Å². The molecule has 2 amide bonds. The molecule has 9 heteroatoms. The molecule has 1 saturated carbocycles. The van der Waals surface area contributed by atoms with Crippen LogP contribution in [0.1, 0.15) is 42.4 Å².